The van der Waals surface area contributed by atoms with Crippen LogP contribution in [0.2, 0.25) is 0 Å². The Morgan fingerprint density at radius 1 is 0.667 bits per heavy atom. The Hall–Kier alpha value is 0.450. The van der Waals surface area contributed by atoms with Gasteiger partial charge in [0.2, 0.25) is 0 Å². The predicted octanol–water partition coefficient (Wildman–Crippen LogP) is -0.502. The molecule has 0 aliphatic carbocycles. The molecule has 0 radical (unpaired) electrons. The van der Waals surface area contributed by atoms with Crippen molar-refractivity contribution in [2.75, 3.05) is 0 Å². The van der Waals surface area contributed by atoms with Crippen LogP contribution in [0.25, 0.3) is 0 Å². The van der Waals surface area contributed by atoms with E-state index in [1.165, 1.54) is 6.42 Å². The second-order valence-corrected chi connectivity index (χ2v) is 3.25. The summed E-state index contributed by atoms with van der Waals surface area (Å²) in [6.45, 7) is 4.25. The fraction of sp³-hybridized carbons (Fsp3) is 1.00. The van der Waals surface area contributed by atoms with Gasteiger partial charge in [-0.3, -0.25) is 13.7 Å². The van der Waals surface area contributed by atoms with Crippen LogP contribution in [0.5, 0.6) is 0 Å². The Morgan fingerprint density at radius 2 is 0.667 bits per heavy atom. The summed E-state index contributed by atoms with van der Waals surface area (Å²) in [7, 11) is -9.39. The van der Waals surface area contributed by atoms with Crippen LogP contribution in [0, 0.1) is 0 Å². The van der Waals surface area contributed by atoms with Crippen LogP contribution in [-0.4, -0.2) is 29.4 Å². The second-order valence-electron chi connectivity index (χ2n) is 1.55. The highest BCUT2D eigenvalue weighted by Crippen LogP contribution is 1.99. The zero-order chi connectivity index (χ0) is 13.4. The van der Waals surface area contributed by atoms with E-state index in [4.69, 9.17) is 43.1 Å². The lowest BCUT2D eigenvalue weighted by Crippen LogP contribution is -1.38. The lowest BCUT2D eigenvalue weighted by molar-refractivity contribution is 0.403. The normalized spacial score (nSPS) is 8.20. The molecule has 0 aromatic carbocycles. The van der Waals surface area contributed by atoms with E-state index < -0.39 is 24.8 Å². The Balaban J connectivity index is -0.0000000542. The van der Waals surface area contributed by atoms with Gasteiger partial charge in [-0.05, 0) is 0 Å². The van der Waals surface area contributed by atoms with Crippen molar-refractivity contribution in [3.63, 3.8) is 0 Å². The standard InChI is InChI=1S/C3H8.3H3O3P/c1-3-2;3*1-4(2)3/h3H2,1-2H3;3*4H,(H2,1,2,3). The van der Waals surface area contributed by atoms with E-state index >= 15 is 0 Å². The second kappa shape index (κ2) is 23.9. The Bertz CT molecular complexity index is 129. The highest BCUT2D eigenvalue weighted by molar-refractivity contribution is 7.31. The van der Waals surface area contributed by atoms with E-state index in [-0.39, 0.29) is 0 Å². The molecule has 6 N–H and O–H groups in total. The van der Waals surface area contributed by atoms with Crippen molar-refractivity contribution in [3.8, 4) is 0 Å². The molecule has 9 nitrogen and oxygen atoms in total. The van der Waals surface area contributed by atoms with E-state index in [1.807, 2.05) is 0 Å². The van der Waals surface area contributed by atoms with Gasteiger partial charge in [-0.25, -0.2) is 0 Å². The lowest BCUT2D eigenvalue weighted by Gasteiger charge is -1.61. The van der Waals surface area contributed by atoms with Crippen LogP contribution in [0.15, 0.2) is 0 Å². The fourth-order valence-corrected chi connectivity index (χ4v) is 0. The van der Waals surface area contributed by atoms with Gasteiger partial charge in [-0.2, -0.15) is 0 Å². The summed E-state index contributed by atoms with van der Waals surface area (Å²) in [5.74, 6) is 0. The van der Waals surface area contributed by atoms with E-state index in [0.717, 1.165) is 0 Å². The van der Waals surface area contributed by atoms with Gasteiger partial charge >= 0.3 is 24.8 Å². The van der Waals surface area contributed by atoms with Crippen molar-refractivity contribution in [2.24, 2.45) is 0 Å². The molecular weight excluding hydrogens is 273 g/mol. The van der Waals surface area contributed by atoms with Crippen LogP contribution in [0.1, 0.15) is 20.3 Å². The summed E-state index contributed by atoms with van der Waals surface area (Å²) >= 11 is 0. The van der Waals surface area contributed by atoms with Gasteiger partial charge in [-0.15, -0.1) is 0 Å². The molecule has 0 saturated heterocycles. The van der Waals surface area contributed by atoms with Crippen molar-refractivity contribution in [1.82, 2.24) is 0 Å². The molecule has 15 heavy (non-hydrogen) atoms. The first kappa shape index (κ1) is 24.6. The highest BCUT2D eigenvalue weighted by Gasteiger charge is 1.62. The summed E-state index contributed by atoms with van der Waals surface area (Å²) in [6, 6.07) is 0. The first-order valence-electron chi connectivity index (χ1n) is 3.37. The predicted molar refractivity (Wildman–Crippen MR) is 56.3 cm³/mol. The molecule has 0 spiro atoms. The monoisotopic (exact) mass is 290 g/mol. The molecule has 0 aliphatic heterocycles. The molecule has 0 heterocycles. The minimum Gasteiger partial charge on any atom is -0.326 e. The molecule has 12 heteroatoms. The van der Waals surface area contributed by atoms with E-state index in [0.29, 0.717) is 0 Å². The maximum Gasteiger partial charge on any atom is 0.314 e. The molecule has 98 valence electrons. The van der Waals surface area contributed by atoms with Crippen LogP contribution in [0.3, 0.4) is 0 Å². The van der Waals surface area contributed by atoms with Gasteiger partial charge in [0.15, 0.2) is 0 Å². The Morgan fingerprint density at radius 3 is 0.667 bits per heavy atom. The molecule has 0 unspecified atom stereocenters. The van der Waals surface area contributed by atoms with Crippen LogP contribution in [-0.2, 0) is 13.7 Å². The van der Waals surface area contributed by atoms with Gasteiger partial charge in [0, 0.05) is 0 Å². The van der Waals surface area contributed by atoms with Crippen molar-refractivity contribution in [3.05, 3.63) is 0 Å². The van der Waals surface area contributed by atoms with E-state index in [2.05, 4.69) is 13.8 Å². The Kier molecular flexibility index (Phi) is 39.3. The maximum absolute atomic E-state index is 8.74. The zero-order valence-electron chi connectivity index (χ0n) is 8.12. The average molecular weight is 290 g/mol. The summed E-state index contributed by atoms with van der Waals surface area (Å²) in [6.07, 6.45) is 1.25. The average Bonchev–Trinajstić information content (AvgIpc) is 1.81. The SMILES string of the molecule is CCC.O=[PH](O)O.O=[PH](O)O.O=[PH](O)O. The first-order valence-corrected chi connectivity index (χ1v) is 7.28. The van der Waals surface area contributed by atoms with Crippen LogP contribution < -0.4 is 0 Å². The number of hydrogen-bond donors (Lipinski definition) is 6. The van der Waals surface area contributed by atoms with E-state index in [9.17, 15) is 0 Å². The van der Waals surface area contributed by atoms with Crippen LogP contribution >= 0.6 is 24.8 Å². The number of hydrogen-bond acceptors (Lipinski definition) is 3. The summed E-state index contributed by atoms with van der Waals surface area (Å²) in [5.41, 5.74) is 0. The molecular formula is C3H17O9P3. The smallest absolute Gasteiger partial charge is 0.314 e. The first-order chi connectivity index (χ1) is 6.61. The summed E-state index contributed by atoms with van der Waals surface area (Å²) in [5, 5.41) is 0. The maximum atomic E-state index is 8.74. The van der Waals surface area contributed by atoms with Gasteiger partial charge < -0.3 is 29.4 Å². The minimum absolute atomic E-state index is 1.25. The zero-order valence-corrected chi connectivity index (χ0v) is 11.1. The molecule has 0 bridgehead atoms. The molecule has 0 fully saturated rings. The quantitative estimate of drug-likeness (QED) is 0.321. The van der Waals surface area contributed by atoms with Gasteiger partial charge in [0.25, 0.3) is 0 Å². The van der Waals surface area contributed by atoms with Gasteiger partial charge in [0.1, 0.15) is 0 Å². The molecule has 0 atom stereocenters. The lowest BCUT2D eigenvalue weighted by atomic mass is 10.6. The van der Waals surface area contributed by atoms with Crippen molar-refractivity contribution < 1.29 is 43.1 Å². The number of rotatable bonds is 0. The largest absolute Gasteiger partial charge is 0.326 e. The van der Waals surface area contributed by atoms with E-state index in [1.54, 1.807) is 0 Å². The molecule has 0 rings (SSSR count). The molecule has 0 aliphatic rings. The van der Waals surface area contributed by atoms with Gasteiger partial charge in [0.05, 0.1) is 0 Å². The summed E-state index contributed by atoms with van der Waals surface area (Å²) in [4.78, 5) is 42.9. The third kappa shape index (κ3) is 11100. The third-order valence-corrected chi connectivity index (χ3v) is 0. The van der Waals surface area contributed by atoms with Crippen molar-refractivity contribution in [1.29, 1.82) is 0 Å². The molecule has 0 saturated carbocycles. The summed E-state index contributed by atoms with van der Waals surface area (Å²) < 4.78 is 26.2. The highest BCUT2D eigenvalue weighted by atomic mass is 31.1. The van der Waals surface area contributed by atoms with Crippen LogP contribution in [0.4, 0.5) is 0 Å². The molecule has 0 aromatic heterocycles. The van der Waals surface area contributed by atoms with Crippen molar-refractivity contribution in [2.45, 2.75) is 20.3 Å². The Labute approximate surface area is 88.9 Å². The minimum atomic E-state index is -3.13. The van der Waals surface area contributed by atoms with Crippen molar-refractivity contribution >= 4 is 24.8 Å². The van der Waals surface area contributed by atoms with Gasteiger partial charge in [-0.1, -0.05) is 20.3 Å². The third-order valence-electron chi connectivity index (χ3n) is 0. The fourth-order valence-electron chi connectivity index (χ4n) is 0. The topological polar surface area (TPSA) is 173 Å². The molecule has 0 amide bonds. The molecule has 0 aromatic rings.